The Morgan fingerprint density at radius 3 is 2.80 bits per heavy atom. The van der Waals surface area contributed by atoms with E-state index in [1.165, 1.54) is 18.5 Å². The van der Waals surface area contributed by atoms with E-state index >= 15 is 0 Å². The topological polar surface area (TPSA) is 24.5 Å². The van der Waals surface area contributed by atoms with Gasteiger partial charge in [0.1, 0.15) is 0 Å². The maximum Gasteiger partial charge on any atom is 0.0587 e. The summed E-state index contributed by atoms with van der Waals surface area (Å²) < 4.78 is 5.05. The summed E-state index contributed by atoms with van der Waals surface area (Å²) in [6, 6.07) is 6.63. The fraction of sp³-hybridized carbons (Fsp3) is 0.625. The molecule has 0 aliphatic carbocycles. The highest BCUT2D eigenvalue weighted by Gasteiger charge is 2.14. The molecule has 3 nitrogen and oxygen atoms in total. The molecule has 114 valence electrons. The van der Waals surface area contributed by atoms with E-state index in [2.05, 4.69) is 37.2 Å². The van der Waals surface area contributed by atoms with Crippen molar-refractivity contribution >= 4 is 17.3 Å². The average molecular weight is 299 g/mol. The van der Waals surface area contributed by atoms with Gasteiger partial charge in [-0.3, -0.25) is 0 Å². The second-order valence-corrected chi connectivity index (χ2v) is 5.56. The fourth-order valence-electron chi connectivity index (χ4n) is 2.29. The van der Waals surface area contributed by atoms with Gasteiger partial charge in [0.2, 0.25) is 0 Å². The summed E-state index contributed by atoms with van der Waals surface area (Å²) in [6.07, 6.45) is 2.37. The molecular weight excluding hydrogens is 272 g/mol. The Hall–Kier alpha value is -0.770. The third-order valence-electron chi connectivity index (χ3n) is 3.63. The molecule has 1 atom stereocenters. The molecule has 0 aromatic heterocycles. The molecular formula is C16H27ClN2O. The molecule has 1 N–H and O–H groups in total. The first-order valence-electron chi connectivity index (χ1n) is 7.31. The van der Waals surface area contributed by atoms with Gasteiger partial charge in [-0.25, -0.2) is 0 Å². The van der Waals surface area contributed by atoms with Crippen LogP contribution in [-0.2, 0) is 11.3 Å². The number of nitrogens with zero attached hydrogens (tertiary/aromatic N) is 1. The third kappa shape index (κ3) is 4.97. The molecule has 0 saturated carbocycles. The van der Waals surface area contributed by atoms with Gasteiger partial charge in [-0.05, 0) is 25.5 Å². The van der Waals surface area contributed by atoms with Crippen molar-refractivity contribution in [2.45, 2.75) is 39.3 Å². The van der Waals surface area contributed by atoms with Gasteiger partial charge >= 0.3 is 0 Å². The van der Waals surface area contributed by atoms with Crippen LogP contribution < -0.4 is 10.2 Å². The van der Waals surface area contributed by atoms with Crippen LogP contribution >= 0.6 is 11.6 Å². The van der Waals surface area contributed by atoms with Crippen molar-refractivity contribution in [2.24, 2.45) is 0 Å². The predicted molar refractivity (Wildman–Crippen MR) is 87.8 cm³/mol. The number of hydrogen-bond donors (Lipinski definition) is 1. The second-order valence-electron chi connectivity index (χ2n) is 5.16. The summed E-state index contributed by atoms with van der Waals surface area (Å²) >= 11 is 6.37. The van der Waals surface area contributed by atoms with Gasteiger partial charge in [0.15, 0.2) is 0 Å². The molecule has 0 aliphatic heterocycles. The molecule has 1 aromatic rings. The van der Waals surface area contributed by atoms with E-state index in [0.717, 1.165) is 23.7 Å². The van der Waals surface area contributed by atoms with Crippen LogP contribution in [0.2, 0.25) is 5.02 Å². The lowest BCUT2D eigenvalue weighted by molar-refractivity contribution is 0.199. The van der Waals surface area contributed by atoms with Crippen molar-refractivity contribution in [1.82, 2.24) is 5.32 Å². The number of halogens is 1. The van der Waals surface area contributed by atoms with Crippen LogP contribution in [0.3, 0.4) is 0 Å². The molecule has 0 saturated heterocycles. The lowest BCUT2D eigenvalue weighted by Crippen LogP contribution is -2.30. The van der Waals surface area contributed by atoms with Crippen LogP contribution in [-0.4, -0.2) is 33.4 Å². The Morgan fingerprint density at radius 1 is 1.40 bits per heavy atom. The van der Waals surface area contributed by atoms with E-state index in [1.807, 2.05) is 12.1 Å². The van der Waals surface area contributed by atoms with Crippen LogP contribution in [0.25, 0.3) is 0 Å². The molecule has 0 aliphatic rings. The molecule has 1 unspecified atom stereocenters. The van der Waals surface area contributed by atoms with Crippen molar-refractivity contribution in [1.29, 1.82) is 0 Å². The number of nitrogens with one attached hydrogen (secondary N) is 1. The van der Waals surface area contributed by atoms with Crippen molar-refractivity contribution in [2.75, 3.05) is 32.2 Å². The maximum atomic E-state index is 6.37. The largest absolute Gasteiger partial charge is 0.383 e. The zero-order valence-corrected chi connectivity index (χ0v) is 13.8. The Kier molecular flexibility index (Phi) is 7.97. The van der Waals surface area contributed by atoms with Crippen LogP contribution in [0, 0.1) is 0 Å². The van der Waals surface area contributed by atoms with Gasteiger partial charge in [0.05, 0.1) is 6.61 Å². The number of anilines is 1. The van der Waals surface area contributed by atoms with Crippen LogP contribution in [0.1, 0.15) is 32.3 Å². The van der Waals surface area contributed by atoms with Gasteiger partial charge in [-0.15, -0.1) is 0 Å². The molecule has 1 rings (SSSR count). The van der Waals surface area contributed by atoms with Gasteiger partial charge in [-0.1, -0.05) is 31.0 Å². The highest BCUT2D eigenvalue weighted by atomic mass is 35.5. The number of rotatable bonds is 9. The molecule has 0 radical (unpaired) electrons. The van der Waals surface area contributed by atoms with Crippen molar-refractivity contribution in [3.8, 4) is 0 Å². The smallest absolute Gasteiger partial charge is 0.0587 e. The molecule has 4 heteroatoms. The Labute approximate surface area is 128 Å². The molecule has 0 fully saturated rings. The third-order valence-corrected chi connectivity index (χ3v) is 3.98. The molecule has 0 amide bonds. The van der Waals surface area contributed by atoms with Gasteiger partial charge < -0.3 is 15.0 Å². The first-order chi connectivity index (χ1) is 9.61. The first-order valence-corrected chi connectivity index (χ1v) is 7.69. The maximum absolute atomic E-state index is 6.37. The van der Waals surface area contributed by atoms with E-state index in [4.69, 9.17) is 16.3 Å². The van der Waals surface area contributed by atoms with Gasteiger partial charge in [0.25, 0.3) is 0 Å². The van der Waals surface area contributed by atoms with E-state index in [0.29, 0.717) is 12.6 Å². The predicted octanol–water partition coefficient (Wildman–Crippen LogP) is 3.70. The number of benzene rings is 1. The first kappa shape index (κ1) is 17.3. The van der Waals surface area contributed by atoms with E-state index in [-0.39, 0.29) is 0 Å². The summed E-state index contributed by atoms with van der Waals surface area (Å²) in [5, 5.41) is 4.20. The highest BCUT2D eigenvalue weighted by molar-refractivity contribution is 6.31. The fourth-order valence-corrected chi connectivity index (χ4v) is 2.53. The van der Waals surface area contributed by atoms with E-state index in [1.54, 1.807) is 7.11 Å². The summed E-state index contributed by atoms with van der Waals surface area (Å²) in [6.45, 7) is 6.78. The van der Waals surface area contributed by atoms with Crippen LogP contribution in [0.4, 0.5) is 5.69 Å². The van der Waals surface area contributed by atoms with E-state index < -0.39 is 0 Å². The van der Waals surface area contributed by atoms with Crippen molar-refractivity contribution in [3.63, 3.8) is 0 Å². The lowest BCUT2D eigenvalue weighted by Gasteiger charge is -2.29. The molecule has 20 heavy (non-hydrogen) atoms. The average Bonchev–Trinajstić information content (AvgIpc) is 2.44. The standard InChI is InChI=1S/C16H27ClN2O/c1-5-7-13(2)19(3)16-9-6-8-15(17)14(16)12-18-10-11-20-4/h6,8-9,13,18H,5,7,10-12H2,1-4H3. The zero-order chi connectivity index (χ0) is 15.0. The second kappa shape index (κ2) is 9.22. The Morgan fingerprint density at radius 2 is 2.15 bits per heavy atom. The SMILES string of the molecule is CCCC(C)N(C)c1cccc(Cl)c1CNCCOC. The van der Waals surface area contributed by atoms with Gasteiger partial charge in [-0.2, -0.15) is 0 Å². The normalized spacial score (nSPS) is 12.4. The summed E-state index contributed by atoms with van der Waals surface area (Å²) in [5.41, 5.74) is 2.37. The molecule has 0 spiro atoms. The molecule has 0 heterocycles. The zero-order valence-electron chi connectivity index (χ0n) is 13.1. The number of hydrogen-bond acceptors (Lipinski definition) is 3. The minimum atomic E-state index is 0.510. The van der Waals surface area contributed by atoms with Crippen molar-refractivity contribution in [3.05, 3.63) is 28.8 Å². The lowest BCUT2D eigenvalue weighted by atomic mass is 10.1. The Bertz CT molecular complexity index is 398. The summed E-state index contributed by atoms with van der Waals surface area (Å²) in [5.74, 6) is 0. The highest BCUT2D eigenvalue weighted by Crippen LogP contribution is 2.28. The van der Waals surface area contributed by atoms with Crippen molar-refractivity contribution < 1.29 is 4.74 Å². The molecule has 0 bridgehead atoms. The Balaban J connectivity index is 2.81. The summed E-state index contributed by atoms with van der Waals surface area (Å²) in [4.78, 5) is 2.32. The number of methoxy groups -OCH3 is 1. The number of ether oxygens (including phenoxy) is 1. The van der Waals surface area contributed by atoms with Crippen LogP contribution in [0.15, 0.2) is 18.2 Å². The minimum absolute atomic E-state index is 0.510. The monoisotopic (exact) mass is 298 g/mol. The summed E-state index contributed by atoms with van der Waals surface area (Å²) in [7, 11) is 3.85. The van der Waals surface area contributed by atoms with E-state index in [9.17, 15) is 0 Å². The van der Waals surface area contributed by atoms with Gasteiger partial charge in [0, 0.05) is 49.6 Å². The quantitative estimate of drug-likeness (QED) is 0.704. The molecule has 1 aromatic carbocycles. The van der Waals surface area contributed by atoms with Crippen LogP contribution in [0.5, 0.6) is 0 Å². The minimum Gasteiger partial charge on any atom is -0.383 e.